The zero-order valence-corrected chi connectivity index (χ0v) is 10.7. The van der Waals surface area contributed by atoms with E-state index in [9.17, 15) is 22.0 Å². The van der Waals surface area contributed by atoms with Gasteiger partial charge in [0, 0.05) is 5.56 Å². The molecule has 0 aromatic heterocycles. The van der Waals surface area contributed by atoms with Crippen LogP contribution in [0.25, 0.3) is 16.0 Å². The van der Waals surface area contributed by atoms with Gasteiger partial charge in [0.2, 0.25) is 0 Å². The first-order valence-corrected chi connectivity index (χ1v) is 5.78. The quantitative estimate of drug-likeness (QED) is 0.483. The van der Waals surface area contributed by atoms with E-state index in [2.05, 4.69) is 4.85 Å². The van der Waals surface area contributed by atoms with Crippen LogP contribution in [0.15, 0.2) is 30.3 Å². The standard InChI is InChI=1S/C15H8F5N/c1-8-3-9(6-13(16)14(8)17)10-4-11(15(18,19)20)7-12(5-10)21-2/h3-7H,1H3. The molecule has 2 rings (SSSR count). The van der Waals surface area contributed by atoms with Crippen LogP contribution >= 0.6 is 0 Å². The molecule has 2 aromatic rings. The monoisotopic (exact) mass is 297 g/mol. The van der Waals surface area contributed by atoms with Gasteiger partial charge in [0.05, 0.1) is 6.57 Å². The second-order valence-electron chi connectivity index (χ2n) is 4.47. The number of hydrogen-bond acceptors (Lipinski definition) is 0. The molecule has 0 aliphatic heterocycles. The highest BCUT2D eigenvalue weighted by atomic mass is 19.4. The van der Waals surface area contributed by atoms with E-state index >= 15 is 0 Å². The number of benzene rings is 2. The summed E-state index contributed by atoms with van der Waals surface area (Å²) in [6.45, 7) is 8.16. The number of hydrogen-bond donors (Lipinski definition) is 0. The molecule has 0 saturated carbocycles. The molecule has 0 atom stereocenters. The summed E-state index contributed by atoms with van der Waals surface area (Å²) in [6.07, 6.45) is -4.62. The molecule has 0 saturated heterocycles. The Morgan fingerprint density at radius 1 is 0.952 bits per heavy atom. The van der Waals surface area contributed by atoms with Gasteiger partial charge in [-0.25, -0.2) is 13.6 Å². The molecule has 0 amide bonds. The minimum absolute atomic E-state index is 0.0119. The number of nitrogens with zero attached hydrogens (tertiary/aromatic N) is 1. The third kappa shape index (κ3) is 3.02. The summed E-state index contributed by atoms with van der Waals surface area (Å²) < 4.78 is 65.0. The van der Waals surface area contributed by atoms with Crippen molar-refractivity contribution in [1.29, 1.82) is 0 Å². The summed E-state index contributed by atoms with van der Waals surface area (Å²) in [4.78, 5) is 2.98. The summed E-state index contributed by atoms with van der Waals surface area (Å²) >= 11 is 0. The first-order chi connectivity index (χ1) is 9.72. The van der Waals surface area contributed by atoms with Crippen molar-refractivity contribution in [2.24, 2.45) is 0 Å². The highest BCUT2D eigenvalue weighted by molar-refractivity contribution is 5.70. The maximum atomic E-state index is 13.4. The fourth-order valence-electron chi connectivity index (χ4n) is 1.90. The maximum Gasteiger partial charge on any atom is 0.415 e. The Kier molecular flexibility index (Phi) is 3.69. The predicted molar refractivity (Wildman–Crippen MR) is 67.8 cm³/mol. The lowest BCUT2D eigenvalue weighted by Crippen LogP contribution is -2.04. The normalized spacial score (nSPS) is 11.3. The molecule has 21 heavy (non-hydrogen) atoms. The fourth-order valence-corrected chi connectivity index (χ4v) is 1.90. The first kappa shape index (κ1) is 15.0. The Bertz CT molecular complexity index is 718. The van der Waals surface area contributed by atoms with Gasteiger partial charge >= 0.3 is 6.18 Å². The molecule has 0 N–H and O–H groups in total. The molecule has 0 aliphatic carbocycles. The smallest absolute Gasteiger partial charge is 0.238 e. The zero-order chi connectivity index (χ0) is 15.8. The summed E-state index contributed by atoms with van der Waals surface area (Å²) in [7, 11) is 0. The highest BCUT2D eigenvalue weighted by Gasteiger charge is 2.31. The lowest BCUT2D eigenvalue weighted by atomic mass is 10.00. The van der Waals surface area contributed by atoms with Gasteiger partial charge in [-0.15, -0.1) is 0 Å². The largest absolute Gasteiger partial charge is 0.415 e. The van der Waals surface area contributed by atoms with Gasteiger partial charge in [-0.2, -0.15) is 13.2 Å². The van der Waals surface area contributed by atoms with Crippen LogP contribution < -0.4 is 0 Å². The molecule has 6 heteroatoms. The Balaban J connectivity index is 2.67. The average Bonchev–Trinajstić information content (AvgIpc) is 2.42. The molecular formula is C15H8F5N. The third-order valence-corrected chi connectivity index (χ3v) is 2.92. The summed E-state index contributed by atoms with van der Waals surface area (Å²) in [5.74, 6) is -2.19. The second kappa shape index (κ2) is 5.17. The van der Waals surface area contributed by atoms with Crippen LogP contribution in [0.3, 0.4) is 0 Å². The van der Waals surface area contributed by atoms with Crippen molar-refractivity contribution >= 4 is 5.69 Å². The minimum Gasteiger partial charge on any atom is -0.238 e. The van der Waals surface area contributed by atoms with Crippen molar-refractivity contribution in [2.45, 2.75) is 13.1 Å². The third-order valence-electron chi connectivity index (χ3n) is 2.92. The zero-order valence-electron chi connectivity index (χ0n) is 10.7. The van der Waals surface area contributed by atoms with E-state index in [1.807, 2.05) is 0 Å². The maximum absolute atomic E-state index is 13.4. The lowest BCUT2D eigenvalue weighted by Gasteiger charge is -2.11. The number of halogens is 5. The molecule has 0 radical (unpaired) electrons. The number of aryl methyl sites for hydroxylation is 1. The van der Waals surface area contributed by atoms with E-state index < -0.39 is 23.4 Å². The van der Waals surface area contributed by atoms with Gasteiger partial charge in [0.15, 0.2) is 17.3 Å². The molecule has 0 bridgehead atoms. The van der Waals surface area contributed by atoms with Crippen molar-refractivity contribution in [2.75, 3.05) is 0 Å². The number of alkyl halides is 3. The summed E-state index contributed by atoms with van der Waals surface area (Å²) in [6, 6.07) is 4.77. The SMILES string of the molecule is [C-]#[N+]c1cc(-c2cc(C)c(F)c(F)c2)cc(C(F)(F)F)c1. The Morgan fingerprint density at radius 2 is 1.57 bits per heavy atom. The van der Waals surface area contributed by atoms with Crippen molar-refractivity contribution in [3.05, 3.63) is 64.5 Å². The molecule has 0 spiro atoms. The molecule has 2 aromatic carbocycles. The number of rotatable bonds is 1. The van der Waals surface area contributed by atoms with E-state index in [0.717, 1.165) is 12.1 Å². The Hall–Kier alpha value is -2.42. The molecule has 1 nitrogen and oxygen atoms in total. The second-order valence-corrected chi connectivity index (χ2v) is 4.47. The summed E-state index contributed by atoms with van der Waals surface area (Å²) in [5.41, 5.74) is -1.15. The molecule has 0 heterocycles. The topological polar surface area (TPSA) is 4.36 Å². The van der Waals surface area contributed by atoms with Crippen LogP contribution in [0.2, 0.25) is 0 Å². The summed E-state index contributed by atoms with van der Waals surface area (Å²) in [5, 5.41) is 0. The van der Waals surface area contributed by atoms with E-state index in [4.69, 9.17) is 6.57 Å². The van der Waals surface area contributed by atoms with Crippen molar-refractivity contribution in [3.8, 4) is 11.1 Å². The van der Waals surface area contributed by atoms with E-state index in [1.165, 1.54) is 19.1 Å². The average molecular weight is 297 g/mol. The molecule has 0 aliphatic rings. The van der Waals surface area contributed by atoms with Crippen LogP contribution in [0, 0.1) is 25.1 Å². The van der Waals surface area contributed by atoms with Crippen LogP contribution in [-0.4, -0.2) is 0 Å². The van der Waals surface area contributed by atoms with Gasteiger partial charge in [-0.05, 0) is 53.9 Å². The van der Waals surface area contributed by atoms with Gasteiger partial charge in [0.1, 0.15) is 0 Å². The highest BCUT2D eigenvalue weighted by Crippen LogP contribution is 2.36. The predicted octanol–water partition coefficient (Wildman–Crippen LogP) is 5.51. The first-order valence-electron chi connectivity index (χ1n) is 5.78. The molecular weight excluding hydrogens is 289 g/mol. The van der Waals surface area contributed by atoms with Crippen molar-refractivity contribution < 1.29 is 22.0 Å². The van der Waals surface area contributed by atoms with E-state index in [0.29, 0.717) is 6.07 Å². The van der Waals surface area contributed by atoms with Gasteiger partial charge in [0.25, 0.3) is 0 Å². The van der Waals surface area contributed by atoms with Gasteiger partial charge in [-0.3, -0.25) is 0 Å². The van der Waals surface area contributed by atoms with Crippen LogP contribution in [0.4, 0.5) is 27.6 Å². The van der Waals surface area contributed by atoms with Crippen LogP contribution in [0.1, 0.15) is 11.1 Å². The van der Waals surface area contributed by atoms with E-state index in [-0.39, 0.29) is 22.4 Å². The lowest BCUT2D eigenvalue weighted by molar-refractivity contribution is -0.137. The minimum atomic E-state index is -4.62. The molecule has 108 valence electrons. The Labute approximate surface area is 117 Å². The fraction of sp³-hybridized carbons (Fsp3) is 0.133. The Morgan fingerprint density at radius 3 is 2.10 bits per heavy atom. The van der Waals surface area contributed by atoms with Crippen LogP contribution in [0.5, 0.6) is 0 Å². The molecule has 0 unspecified atom stereocenters. The van der Waals surface area contributed by atoms with Crippen molar-refractivity contribution in [3.63, 3.8) is 0 Å². The van der Waals surface area contributed by atoms with Gasteiger partial charge < -0.3 is 0 Å². The molecule has 0 fully saturated rings. The van der Waals surface area contributed by atoms with Crippen LogP contribution in [-0.2, 0) is 6.18 Å². The van der Waals surface area contributed by atoms with E-state index in [1.54, 1.807) is 0 Å². The van der Waals surface area contributed by atoms with Gasteiger partial charge in [-0.1, -0.05) is 0 Å². The van der Waals surface area contributed by atoms with Crippen molar-refractivity contribution in [1.82, 2.24) is 0 Å².